The zero-order valence-corrected chi connectivity index (χ0v) is 31.7. The molecular weight excluding hydrogens is 747 g/mol. The van der Waals surface area contributed by atoms with E-state index in [-0.39, 0.29) is 30.4 Å². The van der Waals surface area contributed by atoms with Crippen LogP contribution in [-0.2, 0) is 35.8 Å². The van der Waals surface area contributed by atoms with Crippen molar-refractivity contribution in [2.75, 3.05) is 41.5 Å². The van der Waals surface area contributed by atoms with Gasteiger partial charge in [0, 0.05) is 35.3 Å². The molecule has 0 radical (unpaired) electrons. The molecule has 0 spiro atoms. The maximum absolute atomic E-state index is 15.4. The standard InChI is InChI=1S/C45H40ClFN4O6/c1-2-4-26-5-3-6-35(40(26)52)39-33-19-20-34-38(43(55)50(41(34)53)32-17-15-31(16-18-32)49-21-23-57-24-22-49)36(33)25-37-42(54)51(48-30-13-11-29(47)12-14-30)44(56)45(37,39)27-7-9-28(46)10-8-27/h2-3,5-19,34,36-39,48,52H,1,4,20-25H2/t34-,36+,37-,38-,39+,45+/m0/s1. The van der Waals surface area contributed by atoms with Crippen LogP contribution in [-0.4, -0.2) is 60.0 Å². The number of nitrogens with zero attached hydrogens (tertiary/aromatic N) is 3. The molecule has 12 heteroatoms. The van der Waals surface area contributed by atoms with E-state index in [1.54, 1.807) is 60.7 Å². The highest BCUT2D eigenvalue weighted by Gasteiger charge is 2.70. The number of phenols is 1. The molecule has 5 aliphatic rings. The van der Waals surface area contributed by atoms with E-state index in [4.69, 9.17) is 16.3 Å². The van der Waals surface area contributed by atoms with E-state index in [1.807, 2.05) is 18.2 Å². The number of ether oxygens (including phenoxy) is 1. The zero-order valence-electron chi connectivity index (χ0n) is 30.9. The van der Waals surface area contributed by atoms with Crippen LogP contribution in [0.15, 0.2) is 115 Å². The third-order valence-corrected chi connectivity index (χ3v) is 12.8. The van der Waals surface area contributed by atoms with Gasteiger partial charge in [0.05, 0.1) is 47.8 Å². The minimum atomic E-state index is -1.62. The van der Waals surface area contributed by atoms with E-state index in [0.717, 1.165) is 23.8 Å². The van der Waals surface area contributed by atoms with Crippen molar-refractivity contribution in [3.8, 4) is 5.75 Å². The van der Waals surface area contributed by atoms with Gasteiger partial charge in [0.1, 0.15) is 11.6 Å². The van der Waals surface area contributed by atoms with E-state index >= 15 is 4.79 Å². The quantitative estimate of drug-likeness (QED) is 0.146. The zero-order chi connectivity index (χ0) is 39.6. The Labute approximate surface area is 334 Å². The van der Waals surface area contributed by atoms with Crippen LogP contribution in [0.2, 0.25) is 5.02 Å². The molecule has 57 heavy (non-hydrogen) atoms. The number of allylic oxidation sites excluding steroid dienone is 3. The number of hydrogen-bond acceptors (Lipinski definition) is 8. The van der Waals surface area contributed by atoms with Crippen molar-refractivity contribution in [3.63, 3.8) is 0 Å². The van der Waals surface area contributed by atoms with Gasteiger partial charge in [0.25, 0.3) is 11.8 Å². The number of nitrogens with one attached hydrogen (secondary N) is 1. The third-order valence-electron chi connectivity index (χ3n) is 12.6. The molecule has 0 unspecified atom stereocenters. The maximum Gasteiger partial charge on any atom is 0.260 e. The molecule has 6 atom stereocenters. The Morgan fingerprint density at radius 2 is 1.58 bits per heavy atom. The van der Waals surface area contributed by atoms with Crippen molar-refractivity contribution in [1.82, 2.24) is 5.01 Å². The number of phenolic OH excluding ortho intramolecular Hbond substituents is 1. The average molecular weight is 787 g/mol. The number of anilines is 3. The number of para-hydroxylation sites is 1. The van der Waals surface area contributed by atoms with Gasteiger partial charge in [0.2, 0.25) is 11.8 Å². The van der Waals surface area contributed by atoms with E-state index < -0.39 is 52.6 Å². The molecule has 0 bridgehead atoms. The molecule has 4 amide bonds. The molecule has 4 aromatic carbocycles. The van der Waals surface area contributed by atoms with Gasteiger partial charge in [-0.05, 0) is 97.0 Å². The molecule has 0 aromatic heterocycles. The highest BCUT2D eigenvalue weighted by molar-refractivity contribution is 6.30. The number of hydrazine groups is 1. The Kier molecular flexibility index (Phi) is 9.24. The van der Waals surface area contributed by atoms with Crippen molar-refractivity contribution >= 4 is 52.3 Å². The van der Waals surface area contributed by atoms with Crippen LogP contribution < -0.4 is 15.2 Å². The second kappa shape index (κ2) is 14.3. The summed E-state index contributed by atoms with van der Waals surface area (Å²) < 4.78 is 19.5. The number of imide groups is 2. The SMILES string of the molecule is C=CCc1cccc([C@H]2C3=CC[C@@H]4C(=O)N(c5ccc(N6CCOCC6)cc5)C(=O)[C@@H]4[C@@H]3C[C@H]3C(=O)N(Nc4ccc(F)cc4)C(=O)[C@@]23c2ccc(Cl)cc2)c1O. The first-order chi connectivity index (χ1) is 27.6. The lowest BCUT2D eigenvalue weighted by Gasteiger charge is -2.50. The van der Waals surface area contributed by atoms with Gasteiger partial charge in [-0.15, -0.1) is 6.58 Å². The largest absolute Gasteiger partial charge is 0.507 e. The Balaban J connectivity index is 1.18. The summed E-state index contributed by atoms with van der Waals surface area (Å²) in [6.45, 7) is 6.59. The lowest BCUT2D eigenvalue weighted by Crippen LogP contribution is -2.53. The van der Waals surface area contributed by atoms with Gasteiger partial charge in [-0.25, -0.2) is 4.39 Å². The Bertz CT molecular complexity index is 2330. The molecular formula is C45H40ClFN4O6. The average Bonchev–Trinajstić information content (AvgIpc) is 3.61. The first-order valence-electron chi connectivity index (χ1n) is 19.2. The van der Waals surface area contributed by atoms with E-state index in [2.05, 4.69) is 16.9 Å². The molecule has 2 aliphatic carbocycles. The van der Waals surface area contributed by atoms with Crippen LogP contribution in [0.1, 0.15) is 35.4 Å². The first-order valence-corrected chi connectivity index (χ1v) is 19.6. The van der Waals surface area contributed by atoms with Gasteiger partial charge < -0.3 is 14.7 Å². The van der Waals surface area contributed by atoms with Gasteiger partial charge in [-0.1, -0.05) is 59.7 Å². The van der Waals surface area contributed by atoms with E-state index in [0.29, 0.717) is 58.3 Å². The molecule has 4 fully saturated rings. The predicted octanol–water partition coefficient (Wildman–Crippen LogP) is 6.94. The molecule has 4 aromatic rings. The van der Waals surface area contributed by atoms with Gasteiger partial charge in [-0.2, -0.15) is 5.01 Å². The fourth-order valence-corrected chi connectivity index (χ4v) is 10.2. The third kappa shape index (κ3) is 5.77. The lowest BCUT2D eigenvalue weighted by molar-refractivity contribution is -0.138. The van der Waals surface area contributed by atoms with Gasteiger partial charge in [0.15, 0.2) is 0 Å². The summed E-state index contributed by atoms with van der Waals surface area (Å²) in [5, 5.41) is 13.5. The van der Waals surface area contributed by atoms with Crippen LogP contribution in [0, 0.1) is 29.5 Å². The summed E-state index contributed by atoms with van der Waals surface area (Å²) in [7, 11) is 0. The molecule has 10 nitrogen and oxygen atoms in total. The topological polar surface area (TPSA) is 119 Å². The first kappa shape index (κ1) is 36.8. The van der Waals surface area contributed by atoms with Crippen molar-refractivity contribution in [2.45, 2.75) is 30.6 Å². The van der Waals surface area contributed by atoms with Crippen LogP contribution in [0.3, 0.4) is 0 Å². The maximum atomic E-state index is 15.4. The summed E-state index contributed by atoms with van der Waals surface area (Å²) in [6, 6.07) is 24.9. The molecule has 290 valence electrons. The highest BCUT2D eigenvalue weighted by atomic mass is 35.5. The number of hydrogen-bond donors (Lipinski definition) is 2. The Hall–Kier alpha value is -5.78. The molecule has 2 N–H and O–H groups in total. The number of halogens is 2. The van der Waals surface area contributed by atoms with Crippen LogP contribution in [0.4, 0.5) is 21.5 Å². The molecule has 1 saturated carbocycles. The number of rotatable bonds is 8. The minimum absolute atomic E-state index is 0.0424. The molecule has 3 heterocycles. The normalized spacial score (nSPS) is 26.9. The van der Waals surface area contributed by atoms with Gasteiger partial charge >= 0.3 is 0 Å². The van der Waals surface area contributed by atoms with E-state index in [1.165, 1.54) is 29.2 Å². The van der Waals surface area contributed by atoms with Crippen LogP contribution >= 0.6 is 11.6 Å². The van der Waals surface area contributed by atoms with Crippen molar-refractivity contribution < 1.29 is 33.4 Å². The fraction of sp³-hybridized carbons (Fsp3) is 0.289. The molecule has 3 saturated heterocycles. The highest BCUT2D eigenvalue weighted by Crippen LogP contribution is 2.65. The lowest BCUT2D eigenvalue weighted by atomic mass is 9.49. The van der Waals surface area contributed by atoms with Crippen molar-refractivity contribution in [2.24, 2.45) is 23.7 Å². The van der Waals surface area contributed by atoms with Crippen LogP contribution in [0.25, 0.3) is 0 Å². The summed E-state index contributed by atoms with van der Waals surface area (Å²) in [6.07, 6.45) is 4.28. The predicted molar refractivity (Wildman–Crippen MR) is 213 cm³/mol. The van der Waals surface area contributed by atoms with Crippen molar-refractivity contribution in [1.29, 1.82) is 0 Å². The minimum Gasteiger partial charge on any atom is -0.507 e. The number of aromatic hydroxyl groups is 1. The smallest absolute Gasteiger partial charge is 0.260 e. The summed E-state index contributed by atoms with van der Waals surface area (Å²) in [4.78, 5) is 62.9. The summed E-state index contributed by atoms with van der Waals surface area (Å²) in [5.41, 5.74) is 5.32. The second-order valence-corrected chi connectivity index (χ2v) is 15.8. The van der Waals surface area contributed by atoms with E-state index in [9.17, 15) is 23.9 Å². The number of fused-ring (bicyclic) bond motifs is 4. The number of carbonyl (C=O) groups is 4. The number of morpholine rings is 1. The number of amides is 4. The summed E-state index contributed by atoms with van der Waals surface area (Å²) >= 11 is 6.41. The Morgan fingerprint density at radius 1 is 0.877 bits per heavy atom. The summed E-state index contributed by atoms with van der Waals surface area (Å²) in [5.74, 6) is -6.42. The van der Waals surface area contributed by atoms with Gasteiger partial charge in [-0.3, -0.25) is 29.5 Å². The fourth-order valence-electron chi connectivity index (χ4n) is 10.1. The number of benzene rings is 4. The monoisotopic (exact) mass is 786 g/mol. The van der Waals surface area contributed by atoms with Crippen LogP contribution in [0.5, 0.6) is 5.75 Å². The Morgan fingerprint density at radius 3 is 2.28 bits per heavy atom. The van der Waals surface area contributed by atoms with Crippen molar-refractivity contribution in [3.05, 3.63) is 143 Å². The molecule has 9 rings (SSSR count). The number of carbonyl (C=O) groups excluding carboxylic acids is 4. The molecule has 3 aliphatic heterocycles. The second-order valence-electron chi connectivity index (χ2n) is 15.3.